The van der Waals surface area contributed by atoms with Gasteiger partial charge >= 0.3 is 0 Å². The van der Waals surface area contributed by atoms with E-state index in [0.29, 0.717) is 16.8 Å². The van der Waals surface area contributed by atoms with Gasteiger partial charge in [-0.15, -0.1) is 0 Å². The molecule has 0 bridgehead atoms. The fourth-order valence-corrected chi connectivity index (χ4v) is 3.29. The normalized spacial score (nSPS) is 12.8. The zero-order valence-electron chi connectivity index (χ0n) is 14.5. The number of rotatable bonds is 5. The van der Waals surface area contributed by atoms with E-state index in [1.807, 2.05) is 31.2 Å². The van der Waals surface area contributed by atoms with Crippen LogP contribution in [0.1, 0.15) is 34.7 Å². The molecule has 0 aliphatic heterocycles. The van der Waals surface area contributed by atoms with E-state index in [9.17, 15) is 14.0 Å². The number of hydrogen-bond donors (Lipinski definition) is 1. The number of aryl methyl sites for hydroxylation is 1. The van der Waals surface area contributed by atoms with Gasteiger partial charge in [-0.3, -0.25) is 4.98 Å². The largest absolute Gasteiger partial charge is 0.411 e. The van der Waals surface area contributed by atoms with Gasteiger partial charge in [0.05, 0.1) is 5.71 Å². The molecule has 0 aliphatic carbocycles. The zero-order valence-corrected chi connectivity index (χ0v) is 16.1. The van der Waals surface area contributed by atoms with Gasteiger partial charge in [0.25, 0.3) is 0 Å². The van der Waals surface area contributed by atoms with E-state index in [1.165, 1.54) is 12.1 Å². The van der Waals surface area contributed by atoms with Crippen molar-refractivity contribution in [1.29, 1.82) is 0 Å². The Morgan fingerprint density at radius 1 is 1.11 bits per heavy atom. The van der Waals surface area contributed by atoms with Gasteiger partial charge in [0.1, 0.15) is 11.6 Å². The molecule has 1 N–H and O–H groups in total. The predicted molar refractivity (Wildman–Crippen MR) is 104 cm³/mol. The number of halogens is 3. The summed E-state index contributed by atoms with van der Waals surface area (Å²) >= 11 is 3.39. The molecule has 0 saturated carbocycles. The van der Waals surface area contributed by atoms with Crippen molar-refractivity contribution in [2.24, 2.45) is 5.16 Å². The number of pyridine rings is 1. The number of hydrogen-bond acceptors (Lipinski definition) is 3. The highest BCUT2D eigenvalue weighted by Gasteiger charge is 2.22. The molecule has 6 heteroatoms. The molecule has 0 amide bonds. The van der Waals surface area contributed by atoms with E-state index in [-0.39, 0.29) is 6.42 Å². The van der Waals surface area contributed by atoms with E-state index >= 15 is 0 Å². The second kappa shape index (κ2) is 8.39. The van der Waals surface area contributed by atoms with Gasteiger partial charge < -0.3 is 5.21 Å². The summed E-state index contributed by atoms with van der Waals surface area (Å²) in [7, 11) is 0. The van der Waals surface area contributed by atoms with Gasteiger partial charge in [0.2, 0.25) is 0 Å². The van der Waals surface area contributed by atoms with Gasteiger partial charge in [-0.25, -0.2) is 8.78 Å². The molecule has 0 radical (unpaired) electrons. The zero-order chi connectivity index (χ0) is 19.4. The molecule has 27 heavy (non-hydrogen) atoms. The molecule has 1 atom stereocenters. The Hall–Kier alpha value is -2.60. The molecule has 3 rings (SSSR count). The van der Waals surface area contributed by atoms with Crippen LogP contribution in [0.3, 0.4) is 0 Å². The van der Waals surface area contributed by atoms with Gasteiger partial charge in [-0.05, 0) is 48.4 Å². The third kappa shape index (κ3) is 4.57. The summed E-state index contributed by atoms with van der Waals surface area (Å²) in [6.07, 6.45) is 1.87. The molecule has 3 nitrogen and oxygen atoms in total. The van der Waals surface area contributed by atoms with Crippen LogP contribution in [0.4, 0.5) is 8.78 Å². The maximum Gasteiger partial charge on any atom is 0.129 e. The van der Waals surface area contributed by atoms with E-state index in [1.54, 1.807) is 18.3 Å². The Labute approximate surface area is 164 Å². The van der Waals surface area contributed by atoms with Crippen molar-refractivity contribution in [2.45, 2.75) is 19.3 Å². The fourth-order valence-electron chi connectivity index (χ4n) is 3.02. The first-order valence-electron chi connectivity index (χ1n) is 8.32. The second-order valence-corrected chi connectivity index (χ2v) is 7.12. The average Bonchev–Trinajstić information content (AvgIpc) is 2.64. The molecular formula is C21H17BrF2N2O. The molecule has 0 aliphatic rings. The van der Waals surface area contributed by atoms with Gasteiger partial charge in [-0.1, -0.05) is 39.3 Å². The molecule has 0 unspecified atom stereocenters. The van der Waals surface area contributed by atoms with Gasteiger partial charge in [0.15, 0.2) is 0 Å². The number of nitrogens with zero attached hydrogens (tertiary/aromatic N) is 2. The molecule has 3 aromatic rings. The van der Waals surface area contributed by atoms with Crippen LogP contribution in [0.15, 0.2) is 70.4 Å². The number of oxime groups is 1. The topological polar surface area (TPSA) is 45.5 Å². The average molecular weight is 431 g/mol. The SMILES string of the molecule is Cc1cc(C(C[C@H](c2ccc(Br)cc2)c2ccc(F)cc2F)=NO)ccn1. The van der Waals surface area contributed by atoms with Crippen LogP contribution in [0, 0.1) is 18.6 Å². The monoisotopic (exact) mass is 430 g/mol. The van der Waals surface area contributed by atoms with Crippen LogP contribution in [0.5, 0.6) is 0 Å². The van der Waals surface area contributed by atoms with Crippen LogP contribution < -0.4 is 0 Å². The fraction of sp³-hybridized carbons (Fsp3) is 0.143. The highest BCUT2D eigenvalue weighted by molar-refractivity contribution is 9.10. The second-order valence-electron chi connectivity index (χ2n) is 6.21. The maximum absolute atomic E-state index is 14.5. The van der Waals surface area contributed by atoms with Crippen LogP contribution in [0.2, 0.25) is 0 Å². The summed E-state index contributed by atoms with van der Waals surface area (Å²) in [6.45, 7) is 1.84. The summed E-state index contributed by atoms with van der Waals surface area (Å²) in [4.78, 5) is 4.14. The molecule has 1 aromatic heterocycles. The van der Waals surface area contributed by atoms with Crippen LogP contribution >= 0.6 is 15.9 Å². The van der Waals surface area contributed by atoms with Gasteiger partial charge in [-0.2, -0.15) is 0 Å². The van der Waals surface area contributed by atoms with E-state index in [4.69, 9.17) is 0 Å². The van der Waals surface area contributed by atoms with Crippen LogP contribution in [-0.2, 0) is 0 Å². The minimum atomic E-state index is -0.633. The Morgan fingerprint density at radius 3 is 2.48 bits per heavy atom. The molecule has 1 heterocycles. The minimum absolute atomic E-state index is 0.240. The summed E-state index contributed by atoms with van der Waals surface area (Å²) < 4.78 is 28.8. The van der Waals surface area contributed by atoms with Crippen LogP contribution in [-0.4, -0.2) is 15.9 Å². The Bertz CT molecular complexity index is 974. The van der Waals surface area contributed by atoms with Crippen molar-refractivity contribution in [3.63, 3.8) is 0 Å². The van der Waals surface area contributed by atoms with Crippen molar-refractivity contribution in [1.82, 2.24) is 4.98 Å². The van der Waals surface area contributed by atoms with Gasteiger partial charge in [0, 0.05) is 40.3 Å². The van der Waals surface area contributed by atoms with Crippen molar-refractivity contribution < 1.29 is 14.0 Å². The molecule has 0 fully saturated rings. The highest BCUT2D eigenvalue weighted by Crippen LogP contribution is 2.32. The van der Waals surface area contributed by atoms with Crippen LogP contribution in [0.25, 0.3) is 0 Å². The lowest BCUT2D eigenvalue weighted by molar-refractivity contribution is 0.317. The summed E-state index contributed by atoms with van der Waals surface area (Å²) in [5.74, 6) is -1.71. The molecular weight excluding hydrogens is 414 g/mol. The van der Waals surface area contributed by atoms with E-state index in [0.717, 1.165) is 21.8 Å². The number of benzene rings is 2. The lowest BCUT2D eigenvalue weighted by Gasteiger charge is -2.20. The Morgan fingerprint density at radius 2 is 1.85 bits per heavy atom. The highest BCUT2D eigenvalue weighted by atomic mass is 79.9. The van der Waals surface area contributed by atoms with E-state index < -0.39 is 17.6 Å². The first kappa shape index (κ1) is 19.2. The summed E-state index contributed by atoms with van der Waals surface area (Å²) in [5.41, 5.74) is 3.05. The first-order chi connectivity index (χ1) is 13.0. The van der Waals surface area contributed by atoms with Crippen molar-refractivity contribution in [3.05, 3.63) is 99.3 Å². The summed E-state index contributed by atoms with van der Waals surface area (Å²) in [6, 6.07) is 14.5. The molecule has 0 saturated heterocycles. The third-order valence-electron chi connectivity index (χ3n) is 4.36. The van der Waals surface area contributed by atoms with Crippen molar-refractivity contribution in [2.75, 3.05) is 0 Å². The predicted octanol–water partition coefficient (Wildman–Crippen LogP) is 5.83. The number of aromatic nitrogens is 1. The maximum atomic E-state index is 14.5. The lowest BCUT2D eigenvalue weighted by atomic mass is 9.85. The molecule has 138 valence electrons. The summed E-state index contributed by atoms with van der Waals surface area (Å²) in [5, 5.41) is 13.0. The minimum Gasteiger partial charge on any atom is -0.411 e. The van der Waals surface area contributed by atoms with Crippen molar-refractivity contribution in [3.8, 4) is 0 Å². The standard InChI is InChI=1S/C21H17BrF2N2O/c1-13-10-15(8-9-25-13)21(26-27)12-19(14-2-4-16(22)5-3-14)18-7-6-17(23)11-20(18)24/h2-11,19,27H,12H2,1H3/t19-/m1/s1. The Balaban J connectivity index is 2.05. The smallest absolute Gasteiger partial charge is 0.129 e. The van der Waals surface area contributed by atoms with E-state index in [2.05, 4.69) is 26.1 Å². The Kier molecular flexibility index (Phi) is 5.96. The first-order valence-corrected chi connectivity index (χ1v) is 9.11. The molecule has 2 aromatic carbocycles. The quantitative estimate of drug-likeness (QED) is 0.314. The lowest BCUT2D eigenvalue weighted by Crippen LogP contribution is -2.12. The third-order valence-corrected chi connectivity index (χ3v) is 4.89. The molecule has 0 spiro atoms. The van der Waals surface area contributed by atoms with Crippen molar-refractivity contribution >= 4 is 21.6 Å².